The molecule has 1 aromatic heterocycles. The van der Waals surface area contributed by atoms with Gasteiger partial charge in [-0.3, -0.25) is 4.79 Å². The average molecular weight is 407 g/mol. The molecule has 0 radical (unpaired) electrons. The van der Waals surface area contributed by atoms with E-state index in [9.17, 15) is 27.2 Å². The molecular formula is C16H17F4N3O5. The van der Waals surface area contributed by atoms with Crippen LogP contribution in [0.3, 0.4) is 0 Å². The van der Waals surface area contributed by atoms with Crippen molar-refractivity contribution in [3.63, 3.8) is 0 Å². The van der Waals surface area contributed by atoms with Crippen LogP contribution >= 0.6 is 0 Å². The largest absolute Gasteiger partial charge is 0.490 e. The van der Waals surface area contributed by atoms with E-state index in [0.29, 0.717) is 25.2 Å². The van der Waals surface area contributed by atoms with E-state index >= 15 is 0 Å². The van der Waals surface area contributed by atoms with E-state index in [4.69, 9.17) is 20.7 Å². The van der Waals surface area contributed by atoms with Crippen LogP contribution in [0.1, 0.15) is 17.3 Å². The maximum atomic E-state index is 14.0. The van der Waals surface area contributed by atoms with Crippen LogP contribution < -0.4 is 16.5 Å². The Morgan fingerprint density at radius 3 is 2.25 bits per heavy atom. The van der Waals surface area contributed by atoms with E-state index in [1.807, 2.05) is 6.92 Å². The van der Waals surface area contributed by atoms with Gasteiger partial charge in [-0.2, -0.15) is 13.2 Å². The van der Waals surface area contributed by atoms with Crippen LogP contribution in [0.5, 0.6) is 0 Å². The molecule has 8 nitrogen and oxygen atoms in total. The van der Waals surface area contributed by atoms with Gasteiger partial charge < -0.3 is 25.8 Å². The number of rotatable bonds is 5. The second kappa shape index (κ2) is 9.17. The quantitative estimate of drug-likeness (QED) is 0.556. The van der Waals surface area contributed by atoms with Crippen LogP contribution in [0, 0.1) is 5.82 Å². The van der Waals surface area contributed by atoms with Gasteiger partial charge in [0.2, 0.25) is 5.43 Å². The molecule has 2 rings (SSSR count). The Morgan fingerprint density at radius 1 is 1.25 bits per heavy atom. The molecule has 0 bridgehead atoms. The molecule has 0 amide bonds. The number of aromatic nitrogens is 1. The molecule has 0 spiro atoms. The zero-order chi connectivity index (χ0) is 21.6. The number of hydrogen-bond donors (Lipinski definition) is 4. The van der Waals surface area contributed by atoms with Crippen LogP contribution in [0.15, 0.2) is 23.1 Å². The van der Waals surface area contributed by atoms with Crippen molar-refractivity contribution in [3.8, 4) is 0 Å². The standard InChI is InChI=1S/C14H16FN3O3.C2HF3O2/c1-2-18-7-9(14(20)21)13(19)8-5-10(15)11(6-12(8)18)17-4-3-16;3-2(4,5)1(6)7/h5-7,17H,2-4,16H2,1H3,(H,20,21);(H,6,7). The van der Waals surface area contributed by atoms with Crippen molar-refractivity contribution in [1.29, 1.82) is 0 Å². The Labute approximate surface area is 155 Å². The molecule has 1 heterocycles. The third kappa shape index (κ3) is 5.42. The number of nitrogens with zero attached hydrogens (tertiary/aromatic N) is 1. The second-order valence-corrected chi connectivity index (χ2v) is 5.33. The van der Waals surface area contributed by atoms with Gasteiger partial charge in [0.05, 0.1) is 11.2 Å². The lowest BCUT2D eigenvalue weighted by molar-refractivity contribution is -0.192. The fraction of sp³-hybridized carbons (Fsp3) is 0.312. The van der Waals surface area contributed by atoms with E-state index < -0.39 is 29.4 Å². The number of carboxylic acids is 2. The van der Waals surface area contributed by atoms with Gasteiger partial charge in [0.25, 0.3) is 0 Å². The molecule has 0 atom stereocenters. The number of fused-ring (bicyclic) bond motifs is 1. The lowest BCUT2D eigenvalue weighted by atomic mass is 10.1. The summed E-state index contributed by atoms with van der Waals surface area (Å²) in [7, 11) is 0. The first-order valence-corrected chi connectivity index (χ1v) is 7.78. The van der Waals surface area contributed by atoms with Gasteiger partial charge in [-0.1, -0.05) is 0 Å². The van der Waals surface area contributed by atoms with Gasteiger partial charge in [0.15, 0.2) is 0 Å². The van der Waals surface area contributed by atoms with Gasteiger partial charge in [-0.25, -0.2) is 14.0 Å². The van der Waals surface area contributed by atoms with Gasteiger partial charge in [0.1, 0.15) is 11.4 Å². The Morgan fingerprint density at radius 2 is 1.82 bits per heavy atom. The van der Waals surface area contributed by atoms with Gasteiger partial charge in [-0.15, -0.1) is 0 Å². The maximum absolute atomic E-state index is 14.0. The van der Waals surface area contributed by atoms with Crippen LogP contribution in [0.4, 0.5) is 23.2 Å². The molecule has 5 N–H and O–H groups in total. The average Bonchev–Trinajstić information content (AvgIpc) is 2.60. The summed E-state index contributed by atoms with van der Waals surface area (Å²) in [6.07, 6.45) is -3.81. The minimum absolute atomic E-state index is 0.0487. The minimum Gasteiger partial charge on any atom is -0.477 e. The van der Waals surface area contributed by atoms with E-state index in [0.717, 1.165) is 6.07 Å². The number of aromatic carboxylic acids is 1. The number of nitrogens with two attached hydrogens (primary N) is 1. The molecule has 1 aromatic carbocycles. The summed E-state index contributed by atoms with van der Waals surface area (Å²) >= 11 is 0. The Bertz CT molecular complexity index is 940. The maximum Gasteiger partial charge on any atom is 0.490 e. The lowest BCUT2D eigenvalue weighted by Gasteiger charge is -2.13. The molecule has 0 aliphatic rings. The van der Waals surface area contributed by atoms with Crippen LogP contribution in [0.2, 0.25) is 0 Å². The molecule has 2 aromatic rings. The van der Waals surface area contributed by atoms with Crippen molar-refractivity contribution in [2.45, 2.75) is 19.6 Å². The van der Waals surface area contributed by atoms with Gasteiger partial charge >= 0.3 is 18.1 Å². The lowest BCUT2D eigenvalue weighted by Crippen LogP contribution is -2.21. The zero-order valence-corrected chi connectivity index (χ0v) is 14.5. The first-order chi connectivity index (χ1) is 12.9. The molecule has 12 heteroatoms. The summed E-state index contributed by atoms with van der Waals surface area (Å²) < 4.78 is 47.3. The number of pyridine rings is 1. The summed E-state index contributed by atoms with van der Waals surface area (Å²) in [5.41, 5.74) is 5.02. The number of halogens is 4. The number of aliphatic carboxylic acids is 1. The van der Waals surface area contributed by atoms with Crippen LogP contribution in [-0.2, 0) is 11.3 Å². The Kier molecular flexibility index (Phi) is 7.50. The monoisotopic (exact) mass is 407 g/mol. The van der Waals surface area contributed by atoms with Crippen molar-refractivity contribution < 1.29 is 37.4 Å². The van der Waals surface area contributed by atoms with Crippen molar-refractivity contribution in [2.24, 2.45) is 5.73 Å². The third-order valence-corrected chi connectivity index (χ3v) is 3.44. The van der Waals surface area contributed by atoms with E-state index in [2.05, 4.69) is 5.32 Å². The van der Waals surface area contributed by atoms with Crippen molar-refractivity contribution in [1.82, 2.24) is 4.57 Å². The summed E-state index contributed by atoms with van der Waals surface area (Å²) in [5, 5.41) is 19.1. The number of aryl methyl sites for hydroxylation is 1. The number of anilines is 1. The molecule has 154 valence electrons. The predicted molar refractivity (Wildman–Crippen MR) is 92.0 cm³/mol. The molecule has 0 saturated heterocycles. The number of nitrogens with one attached hydrogen (secondary N) is 1. The highest BCUT2D eigenvalue weighted by atomic mass is 19.4. The number of carbonyl (C=O) groups is 2. The van der Waals surface area contributed by atoms with E-state index in [1.54, 1.807) is 4.57 Å². The first kappa shape index (κ1) is 22.9. The number of hydrogen-bond acceptors (Lipinski definition) is 5. The Balaban J connectivity index is 0.000000480. The number of alkyl halides is 3. The van der Waals surface area contributed by atoms with E-state index in [-0.39, 0.29) is 16.6 Å². The summed E-state index contributed by atoms with van der Waals surface area (Å²) in [6, 6.07) is 2.56. The van der Waals surface area contributed by atoms with Gasteiger partial charge in [-0.05, 0) is 19.1 Å². The summed E-state index contributed by atoms with van der Waals surface area (Å²) in [6.45, 7) is 3.01. The van der Waals surface area contributed by atoms with Crippen molar-refractivity contribution >= 4 is 28.5 Å². The third-order valence-electron chi connectivity index (χ3n) is 3.44. The fourth-order valence-electron chi connectivity index (χ4n) is 2.17. The SMILES string of the molecule is CCn1cc(C(=O)O)c(=O)c2cc(F)c(NCCN)cc21.O=C(O)C(F)(F)F. The smallest absolute Gasteiger partial charge is 0.477 e. The number of carboxylic acid groups (broad SMARTS) is 2. The molecule has 28 heavy (non-hydrogen) atoms. The minimum atomic E-state index is -5.08. The molecule has 0 aliphatic heterocycles. The zero-order valence-electron chi connectivity index (χ0n) is 14.5. The number of benzene rings is 1. The first-order valence-electron chi connectivity index (χ1n) is 7.78. The van der Waals surface area contributed by atoms with Gasteiger partial charge in [0, 0.05) is 31.2 Å². The molecular weight excluding hydrogens is 390 g/mol. The highest BCUT2D eigenvalue weighted by Gasteiger charge is 2.38. The predicted octanol–water partition coefficient (Wildman–Crippen LogP) is 1.86. The highest BCUT2D eigenvalue weighted by molar-refractivity contribution is 5.93. The van der Waals surface area contributed by atoms with E-state index in [1.165, 1.54) is 12.3 Å². The molecule has 0 aliphatic carbocycles. The normalized spacial score (nSPS) is 10.9. The molecule has 0 unspecified atom stereocenters. The van der Waals surface area contributed by atoms with Crippen molar-refractivity contribution in [3.05, 3.63) is 39.9 Å². The second-order valence-electron chi connectivity index (χ2n) is 5.33. The Hall–Kier alpha value is -3.15. The summed E-state index contributed by atoms with van der Waals surface area (Å²) in [5.74, 6) is -4.69. The van der Waals surface area contributed by atoms with Crippen LogP contribution in [0.25, 0.3) is 10.9 Å². The molecule has 0 fully saturated rings. The van der Waals surface area contributed by atoms with Crippen LogP contribution in [-0.4, -0.2) is 46.0 Å². The highest BCUT2D eigenvalue weighted by Crippen LogP contribution is 2.22. The summed E-state index contributed by atoms with van der Waals surface area (Å²) in [4.78, 5) is 32.1. The van der Waals surface area contributed by atoms with Crippen molar-refractivity contribution in [2.75, 3.05) is 18.4 Å². The fourth-order valence-corrected chi connectivity index (χ4v) is 2.17. The topological polar surface area (TPSA) is 135 Å². The molecule has 0 saturated carbocycles.